The number of hydrogen-bond acceptors (Lipinski definition) is 4. The van der Waals surface area contributed by atoms with Crippen molar-refractivity contribution in [3.8, 4) is 5.88 Å². The molecule has 19 heavy (non-hydrogen) atoms. The van der Waals surface area contributed by atoms with Gasteiger partial charge < -0.3 is 10.5 Å². The monoisotopic (exact) mass is 261 g/mol. The maximum atomic E-state index is 5.82. The minimum Gasteiger partial charge on any atom is -0.477 e. The number of aromatic nitrogens is 2. The van der Waals surface area contributed by atoms with E-state index >= 15 is 0 Å². The Morgan fingerprint density at radius 2 is 2.05 bits per heavy atom. The van der Waals surface area contributed by atoms with Gasteiger partial charge in [-0.1, -0.05) is 32.9 Å². The third-order valence-electron chi connectivity index (χ3n) is 3.62. The molecule has 0 spiro atoms. The van der Waals surface area contributed by atoms with Crippen molar-refractivity contribution in [2.45, 2.75) is 39.5 Å². The van der Waals surface area contributed by atoms with Crippen LogP contribution in [0.4, 0.5) is 5.82 Å². The van der Waals surface area contributed by atoms with Crippen LogP contribution in [0.1, 0.15) is 45.4 Å². The van der Waals surface area contributed by atoms with Crippen molar-refractivity contribution in [3.63, 3.8) is 0 Å². The largest absolute Gasteiger partial charge is 0.477 e. The maximum absolute atomic E-state index is 5.82. The van der Waals surface area contributed by atoms with Crippen molar-refractivity contribution in [1.82, 2.24) is 9.97 Å². The van der Waals surface area contributed by atoms with E-state index in [2.05, 4.69) is 29.0 Å². The molecule has 2 N–H and O–H groups in total. The summed E-state index contributed by atoms with van der Waals surface area (Å²) in [6, 6.07) is 1.70. The highest BCUT2D eigenvalue weighted by Gasteiger charge is 2.19. The van der Waals surface area contributed by atoms with Crippen LogP contribution >= 0.6 is 0 Å². The van der Waals surface area contributed by atoms with Gasteiger partial charge in [-0.15, -0.1) is 0 Å². The van der Waals surface area contributed by atoms with Crippen molar-refractivity contribution in [2.24, 2.45) is 11.8 Å². The summed E-state index contributed by atoms with van der Waals surface area (Å²) in [6.07, 6.45) is 6.71. The molecule has 1 aliphatic carbocycles. The lowest BCUT2D eigenvalue weighted by Gasteiger charge is -2.25. The molecule has 0 saturated carbocycles. The lowest BCUT2D eigenvalue weighted by atomic mass is 9.85. The van der Waals surface area contributed by atoms with E-state index in [1.54, 1.807) is 6.07 Å². The van der Waals surface area contributed by atoms with Crippen LogP contribution in [0, 0.1) is 11.8 Å². The van der Waals surface area contributed by atoms with Crippen molar-refractivity contribution in [1.29, 1.82) is 0 Å². The molecule has 4 heteroatoms. The molecular formula is C15H23N3O. The highest BCUT2D eigenvalue weighted by Crippen LogP contribution is 2.26. The molecule has 0 radical (unpaired) electrons. The van der Waals surface area contributed by atoms with E-state index in [9.17, 15) is 0 Å². The second-order valence-corrected chi connectivity index (χ2v) is 5.64. The number of anilines is 1. The molecule has 1 aliphatic rings. The molecule has 0 fully saturated rings. The van der Waals surface area contributed by atoms with E-state index in [1.807, 2.05) is 13.8 Å². The van der Waals surface area contributed by atoms with Gasteiger partial charge in [-0.25, -0.2) is 4.98 Å². The number of nitrogen functional groups attached to an aromatic ring is 1. The van der Waals surface area contributed by atoms with Crippen LogP contribution in [0.3, 0.4) is 0 Å². The van der Waals surface area contributed by atoms with E-state index in [-0.39, 0.29) is 5.92 Å². The Labute approximate surface area is 115 Å². The zero-order valence-corrected chi connectivity index (χ0v) is 12.0. The van der Waals surface area contributed by atoms with Gasteiger partial charge in [0.15, 0.2) is 0 Å². The van der Waals surface area contributed by atoms with E-state index in [4.69, 9.17) is 10.5 Å². The van der Waals surface area contributed by atoms with Gasteiger partial charge in [0, 0.05) is 12.0 Å². The second-order valence-electron chi connectivity index (χ2n) is 5.64. The molecule has 0 saturated heterocycles. The third-order valence-corrected chi connectivity index (χ3v) is 3.62. The Morgan fingerprint density at radius 3 is 2.74 bits per heavy atom. The van der Waals surface area contributed by atoms with Crippen molar-refractivity contribution < 1.29 is 4.74 Å². The number of rotatable bonds is 4. The predicted molar refractivity (Wildman–Crippen MR) is 77.1 cm³/mol. The van der Waals surface area contributed by atoms with Crippen LogP contribution in [-0.4, -0.2) is 16.6 Å². The molecule has 4 nitrogen and oxygen atoms in total. The van der Waals surface area contributed by atoms with Crippen LogP contribution in [0.15, 0.2) is 18.2 Å². The highest BCUT2D eigenvalue weighted by atomic mass is 16.5. The van der Waals surface area contributed by atoms with Gasteiger partial charge in [-0.3, -0.25) is 0 Å². The molecule has 0 amide bonds. The van der Waals surface area contributed by atoms with Crippen LogP contribution in [0.2, 0.25) is 0 Å². The summed E-state index contributed by atoms with van der Waals surface area (Å²) in [7, 11) is 0. The Bertz CT molecular complexity index is 457. The summed E-state index contributed by atoms with van der Waals surface area (Å²) in [5.41, 5.74) is 5.79. The summed E-state index contributed by atoms with van der Waals surface area (Å²) >= 11 is 0. The van der Waals surface area contributed by atoms with Gasteiger partial charge in [-0.2, -0.15) is 4.98 Å². The summed E-state index contributed by atoms with van der Waals surface area (Å²) in [6.45, 7) is 7.06. The molecule has 104 valence electrons. The normalized spacial score (nSPS) is 22.7. The first kappa shape index (κ1) is 13.8. The first-order chi connectivity index (χ1) is 9.06. The van der Waals surface area contributed by atoms with Crippen LogP contribution in [-0.2, 0) is 0 Å². The second kappa shape index (κ2) is 6.04. The number of hydrogen-bond donors (Lipinski definition) is 1. The molecule has 2 atom stereocenters. The molecule has 2 unspecified atom stereocenters. The summed E-state index contributed by atoms with van der Waals surface area (Å²) in [4.78, 5) is 8.63. The highest BCUT2D eigenvalue weighted by molar-refractivity contribution is 5.33. The number of nitrogens with two attached hydrogens (primary N) is 1. The van der Waals surface area contributed by atoms with Crippen molar-refractivity contribution >= 4 is 5.82 Å². The first-order valence-corrected chi connectivity index (χ1v) is 6.98. The lowest BCUT2D eigenvalue weighted by molar-refractivity contribution is 0.192. The topological polar surface area (TPSA) is 61.0 Å². The number of nitrogens with zero attached hydrogens (tertiary/aromatic N) is 2. The smallest absolute Gasteiger partial charge is 0.218 e. The Balaban J connectivity index is 2.01. The summed E-state index contributed by atoms with van der Waals surface area (Å²) in [5, 5.41) is 0. The zero-order chi connectivity index (χ0) is 13.8. The average Bonchev–Trinajstić information content (AvgIpc) is 2.37. The summed E-state index contributed by atoms with van der Waals surface area (Å²) < 4.78 is 5.82. The number of ether oxygens (including phenoxy) is 1. The Morgan fingerprint density at radius 1 is 1.32 bits per heavy atom. The van der Waals surface area contributed by atoms with Gasteiger partial charge in [0.1, 0.15) is 11.6 Å². The van der Waals surface area contributed by atoms with Gasteiger partial charge in [0.25, 0.3) is 0 Å². The van der Waals surface area contributed by atoms with Crippen molar-refractivity contribution in [3.05, 3.63) is 24.0 Å². The molecule has 0 aromatic carbocycles. The predicted octanol–water partition coefficient (Wildman–Crippen LogP) is 3.16. The van der Waals surface area contributed by atoms with Crippen LogP contribution < -0.4 is 10.5 Å². The summed E-state index contributed by atoms with van der Waals surface area (Å²) in [5.74, 6) is 3.29. The van der Waals surface area contributed by atoms with Gasteiger partial charge in [0.2, 0.25) is 5.88 Å². The van der Waals surface area contributed by atoms with Gasteiger partial charge in [0.05, 0.1) is 6.61 Å². The number of allylic oxidation sites excluding steroid dienone is 2. The molecular weight excluding hydrogens is 238 g/mol. The minimum absolute atomic E-state index is 0.252. The fourth-order valence-corrected chi connectivity index (χ4v) is 2.22. The van der Waals surface area contributed by atoms with Gasteiger partial charge in [-0.05, 0) is 24.7 Å². The SMILES string of the molecule is CC(C)c1nc(N)cc(OCC2CC=CCC2C)n1. The Kier molecular flexibility index (Phi) is 4.40. The maximum Gasteiger partial charge on any atom is 0.218 e. The lowest BCUT2D eigenvalue weighted by Crippen LogP contribution is -2.21. The zero-order valence-electron chi connectivity index (χ0n) is 12.0. The van der Waals surface area contributed by atoms with E-state index in [0.717, 1.165) is 18.7 Å². The third kappa shape index (κ3) is 3.69. The molecule has 0 aliphatic heterocycles. The standard InChI is InChI=1S/C15H23N3O/c1-10(2)15-17-13(16)8-14(18-15)19-9-12-7-5-4-6-11(12)3/h4-5,8,10-12H,6-7,9H2,1-3H3,(H2,16,17,18). The molecule has 0 bridgehead atoms. The fraction of sp³-hybridized carbons (Fsp3) is 0.600. The van der Waals surface area contributed by atoms with Crippen LogP contribution in [0.5, 0.6) is 5.88 Å². The molecule has 1 aromatic rings. The first-order valence-electron chi connectivity index (χ1n) is 6.98. The Hall–Kier alpha value is -1.58. The van der Waals surface area contributed by atoms with E-state index in [0.29, 0.717) is 30.1 Å². The molecule has 1 heterocycles. The molecule has 2 rings (SSSR count). The van der Waals surface area contributed by atoms with E-state index < -0.39 is 0 Å². The fourth-order valence-electron chi connectivity index (χ4n) is 2.22. The average molecular weight is 261 g/mol. The van der Waals surface area contributed by atoms with Crippen LogP contribution in [0.25, 0.3) is 0 Å². The van der Waals surface area contributed by atoms with Crippen molar-refractivity contribution in [2.75, 3.05) is 12.3 Å². The minimum atomic E-state index is 0.252. The quantitative estimate of drug-likeness (QED) is 0.846. The van der Waals surface area contributed by atoms with Gasteiger partial charge >= 0.3 is 0 Å². The molecule has 1 aromatic heterocycles. The van der Waals surface area contributed by atoms with E-state index in [1.165, 1.54) is 0 Å².